The number of aromatic nitrogens is 2. The minimum atomic E-state index is -0.321. The Balaban J connectivity index is 1.97. The van der Waals surface area contributed by atoms with Gasteiger partial charge in [-0.15, -0.1) is 0 Å². The molecule has 2 aromatic carbocycles. The maximum Gasteiger partial charge on any atom is 0.338 e. The van der Waals surface area contributed by atoms with Gasteiger partial charge in [-0.05, 0) is 24.6 Å². The van der Waals surface area contributed by atoms with Crippen molar-refractivity contribution in [3.8, 4) is 11.4 Å². The van der Waals surface area contributed by atoms with Gasteiger partial charge >= 0.3 is 5.97 Å². The van der Waals surface area contributed by atoms with Crippen LogP contribution in [0.5, 0.6) is 0 Å². The molecule has 0 bridgehead atoms. The van der Waals surface area contributed by atoms with Gasteiger partial charge in [-0.2, -0.15) is 0 Å². The molecule has 0 saturated carbocycles. The summed E-state index contributed by atoms with van der Waals surface area (Å²) in [6, 6.07) is 15.7. The topological polar surface area (TPSA) is 44.1 Å². The van der Waals surface area contributed by atoms with Crippen molar-refractivity contribution in [1.82, 2.24) is 9.55 Å². The zero-order chi connectivity index (χ0) is 16.2. The van der Waals surface area contributed by atoms with Crippen molar-refractivity contribution in [2.75, 3.05) is 7.11 Å². The summed E-state index contributed by atoms with van der Waals surface area (Å²) >= 11 is 0. The molecule has 0 aliphatic rings. The molecule has 3 rings (SSSR count). The molecule has 0 saturated heterocycles. The van der Waals surface area contributed by atoms with Crippen LogP contribution in [0.3, 0.4) is 0 Å². The van der Waals surface area contributed by atoms with Gasteiger partial charge in [0.1, 0.15) is 5.82 Å². The highest BCUT2D eigenvalue weighted by atomic mass is 16.5. The molecule has 0 aliphatic heterocycles. The van der Waals surface area contributed by atoms with E-state index in [1.54, 1.807) is 12.3 Å². The Kier molecular flexibility index (Phi) is 4.24. The van der Waals surface area contributed by atoms with E-state index in [9.17, 15) is 4.79 Å². The monoisotopic (exact) mass is 306 g/mol. The van der Waals surface area contributed by atoms with Gasteiger partial charge in [0.2, 0.25) is 0 Å². The number of methoxy groups -OCH3 is 1. The predicted molar refractivity (Wildman–Crippen MR) is 89.3 cm³/mol. The number of ether oxygens (including phenoxy) is 1. The number of aryl methyl sites for hydroxylation is 1. The Morgan fingerprint density at radius 3 is 2.78 bits per heavy atom. The molecular weight excluding hydrogens is 288 g/mol. The first-order chi connectivity index (χ1) is 11.2. The molecule has 1 aromatic heterocycles. The fourth-order valence-corrected chi connectivity index (χ4v) is 2.63. The van der Waals surface area contributed by atoms with E-state index >= 15 is 0 Å². The first-order valence-corrected chi connectivity index (χ1v) is 7.43. The predicted octanol–water partition coefficient (Wildman–Crippen LogP) is 3.69. The van der Waals surface area contributed by atoms with Crippen LogP contribution in [0.25, 0.3) is 11.4 Å². The van der Waals surface area contributed by atoms with Crippen LogP contribution in [0.2, 0.25) is 0 Å². The molecule has 4 heteroatoms. The van der Waals surface area contributed by atoms with Crippen molar-refractivity contribution in [3.63, 3.8) is 0 Å². The average molecular weight is 306 g/mol. The van der Waals surface area contributed by atoms with Crippen LogP contribution in [-0.4, -0.2) is 22.6 Å². The third-order valence-corrected chi connectivity index (χ3v) is 3.76. The molecule has 3 aromatic rings. The standard InChI is InChI=1S/C19H18N2O2/c1-14-6-5-8-15(12-14)18-20-10-11-21(18)13-16-7-3-4-9-17(16)19(22)23-2/h3-12H,13H2,1-2H3. The molecule has 0 aliphatic carbocycles. The molecule has 4 nitrogen and oxygen atoms in total. The number of esters is 1. The molecule has 0 spiro atoms. The lowest BCUT2D eigenvalue weighted by molar-refractivity contribution is 0.0599. The summed E-state index contributed by atoms with van der Waals surface area (Å²) in [4.78, 5) is 16.4. The van der Waals surface area contributed by atoms with E-state index in [1.165, 1.54) is 12.7 Å². The minimum Gasteiger partial charge on any atom is -0.465 e. The van der Waals surface area contributed by atoms with Crippen LogP contribution in [0.1, 0.15) is 21.5 Å². The number of nitrogens with zero attached hydrogens (tertiary/aromatic N) is 2. The summed E-state index contributed by atoms with van der Waals surface area (Å²) in [6.07, 6.45) is 3.70. The van der Waals surface area contributed by atoms with Crippen molar-refractivity contribution < 1.29 is 9.53 Å². The van der Waals surface area contributed by atoms with Crippen LogP contribution in [0.15, 0.2) is 60.9 Å². The quantitative estimate of drug-likeness (QED) is 0.690. The molecule has 0 fully saturated rings. The van der Waals surface area contributed by atoms with Crippen LogP contribution < -0.4 is 0 Å². The summed E-state index contributed by atoms with van der Waals surface area (Å²) < 4.78 is 6.90. The zero-order valence-corrected chi connectivity index (χ0v) is 13.2. The van der Waals surface area contributed by atoms with Gasteiger partial charge in [0.25, 0.3) is 0 Å². The summed E-state index contributed by atoms with van der Waals surface area (Å²) in [5.74, 6) is 0.561. The van der Waals surface area contributed by atoms with E-state index < -0.39 is 0 Å². The maximum absolute atomic E-state index is 11.9. The lowest BCUT2D eigenvalue weighted by atomic mass is 10.1. The Hall–Kier alpha value is -2.88. The van der Waals surface area contributed by atoms with Crippen molar-refractivity contribution >= 4 is 5.97 Å². The summed E-state index contributed by atoms with van der Waals surface area (Å²) in [5, 5.41) is 0. The second kappa shape index (κ2) is 6.48. The molecule has 23 heavy (non-hydrogen) atoms. The lowest BCUT2D eigenvalue weighted by Gasteiger charge is -2.11. The second-order valence-corrected chi connectivity index (χ2v) is 5.40. The van der Waals surface area contributed by atoms with Gasteiger partial charge in [0.15, 0.2) is 0 Å². The molecule has 0 amide bonds. The van der Waals surface area contributed by atoms with Gasteiger partial charge in [-0.1, -0.05) is 42.0 Å². The van der Waals surface area contributed by atoms with Crippen molar-refractivity contribution in [2.24, 2.45) is 0 Å². The fraction of sp³-hybridized carbons (Fsp3) is 0.158. The Morgan fingerprint density at radius 1 is 1.17 bits per heavy atom. The summed E-state index contributed by atoms with van der Waals surface area (Å²) in [6.45, 7) is 2.62. The van der Waals surface area contributed by atoms with E-state index in [-0.39, 0.29) is 5.97 Å². The first kappa shape index (κ1) is 15.0. The highest BCUT2D eigenvalue weighted by Crippen LogP contribution is 2.21. The smallest absolute Gasteiger partial charge is 0.338 e. The van der Waals surface area contributed by atoms with Crippen LogP contribution in [-0.2, 0) is 11.3 Å². The highest BCUT2D eigenvalue weighted by molar-refractivity contribution is 5.91. The van der Waals surface area contributed by atoms with Gasteiger partial charge in [0.05, 0.1) is 12.7 Å². The normalized spacial score (nSPS) is 10.5. The van der Waals surface area contributed by atoms with Gasteiger partial charge in [0, 0.05) is 24.5 Å². The lowest BCUT2D eigenvalue weighted by Crippen LogP contribution is -2.09. The molecule has 0 radical (unpaired) electrons. The van der Waals surface area contributed by atoms with Crippen molar-refractivity contribution in [2.45, 2.75) is 13.5 Å². The average Bonchev–Trinajstić information content (AvgIpc) is 3.03. The fourth-order valence-electron chi connectivity index (χ4n) is 2.63. The number of imidazole rings is 1. The van der Waals surface area contributed by atoms with Crippen LogP contribution >= 0.6 is 0 Å². The molecule has 0 N–H and O–H groups in total. The van der Waals surface area contributed by atoms with Crippen LogP contribution in [0, 0.1) is 6.92 Å². The second-order valence-electron chi connectivity index (χ2n) is 5.40. The first-order valence-electron chi connectivity index (χ1n) is 7.43. The molecule has 0 unspecified atom stereocenters. The maximum atomic E-state index is 11.9. The van der Waals surface area contributed by atoms with Gasteiger partial charge in [-0.3, -0.25) is 0 Å². The van der Waals surface area contributed by atoms with E-state index in [0.29, 0.717) is 12.1 Å². The molecule has 0 atom stereocenters. The molecular formula is C19H18N2O2. The molecule has 116 valence electrons. The number of hydrogen-bond acceptors (Lipinski definition) is 3. The molecule has 1 heterocycles. The summed E-state index contributed by atoms with van der Waals surface area (Å²) in [5.41, 5.74) is 3.74. The van der Waals surface area contributed by atoms with Crippen molar-refractivity contribution in [1.29, 1.82) is 0 Å². The van der Waals surface area contributed by atoms with E-state index in [0.717, 1.165) is 17.0 Å². The van der Waals surface area contributed by atoms with Crippen LogP contribution in [0.4, 0.5) is 0 Å². The number of carbonyl (C=O) groups is 1. The number of rotatable bonds is 4. The third kappa shape index (κ3) is 3.16. The number of carbonyl (C=O) groups excluding carboxylic acids is 1. The SMILES string of the molecule is COC(=O)c1ccccc1Cn1ccnc1-c1cccc(C)c1. The van der Waals surface area contributed by atoms with Gasteiger partial charge < -0.3 is 9.30 Å². The third-order valence-electron chi connectivity index (χ3n) is 3.76. The van der Waals surface area contributed by atoms with E-state index in [4.69, 9.17) is 4.74 Å². The van der Waals surface area contributed by atoms with Gasteiger partial charge in [-0.25, -0.2) is 9.78 Å². The zero-order valence-electron chi connectivity index (χ0n) is 13.2. The highest BCUT2D eigenvalue weighted by Gasteiger charge is 2.13. The number of benzene rings is 2. The number of hydrogen-bond donors (Lipinski definition) is 0. The Bertz CT molecular complexity index is 837. The van der Waals surface area contributed by atoms with E-state index in [1.807, 2.05) is 41.1 Å². The Labute approximate surface area is 135 Å². The van der Waals surface area contributed by atoms with Crippen molar-refractivity contribution in [3.05, 3.63) is 77.6 Å². The Morgan fingerprint density at radius 2 is 2.00 bits per heavy atom. The minimum absolute atomic E-state index is 0.321. The summed E-state index contributed by atoms with van der Waals surface area (Å²) in [7, 11) is 1.40. The van der Waals surface area contributed by atoms with E-state index in [2.05, 4.69) is 24.0 Å². The largest absolute Gasteiger partial charge is 0.465 e.